The van der Waals surface area contributed by atoms with Gasteiger partial charge < -0.3 is 9.64 Å². The lowest BCUT2D eigenvalue weighted by molar-refractivity contribution is -0.121. The molecule has 6 nitrogen and oxygen atoms in total. The summed E-state index contributed by atoms with van der Waals surface area (Å²) in [7, 11) is 0. The number of nitrogens with zero attached hydrogens (tertiary/aromatic N) is 3. The van der Waals surface area contributed by atoms with Crippen molar-refractivity contribution < 1.29 is 14.3 Å². The number of para-hydroxylation sites is 3. The molecule has 31 heavy (non-hydrogen) atoms. The summed E-state index contributed by atoms with van der Waals surface area (Å²) in [4.78, 5) is 31.7. The van der Waals surface area contributed by atoms with E-state index in [0.717, 1.165) is 13.1 Å². The highest BCUT2D eigenvalue weighted by Crippen LogP contribution is 2.36. The van der Waals surface area contributed by atoms with Gasteiger partial charge in [0.15, 0.2) is 5.75 Å². The topological polar surface area (TPSA) is 53.1 Å². The van der Waals surface area contributed by atoms with Crippen molar-refractivity contribution in [2.75, 3.05) is 24.5 Å². The van der Waals surface area contributed by atoms with Crippen molar-refractivity contribution in [2.24, 2.45) is 0 Å². The van der Waals surface area contributed by atoms with E-state index >= 15 is 0 Å². The van der Waals surface area contributed by atoms with Gasteiger partial charge in [-0.3, -0.25) is 9.69 Å². The van der Waals surface area contributed by atoms with Gasteiger partial charge in [0, 0.05) is 26.2 Å². The van der Waals surface area contributed by atoms with E-state index in [-0.39, 0.29) is 11.9 Å². The van der Waals surface area contributed by atoms with Gasteiger partial charge in [-0.1, -0.05) is 60.7 Å². The molecule has 5 rings (SSSR count). The van der Waals surface area contributed by atoms with E-state index in [9.17, 15) is 9.59 Å². The zero-order valence-corrected chi connectivity index (χ0v) is 17.1. The van der Waals surface area contributed by atoms with E-state index in [4.69, 9.17) is 4.74 Å². The maximum absolute atomic E-state index is 13.3. The Bertz CT molecular complexity index is 1090. The van der Waals surface area contributed by atoms with Crippen molar-refractivity contribution in [3.05, 3.63) is 90.5 Å². The fourth-order valence-electron chi connectivity index (χ4n) is 4.20. The number of urea groups is 1. The Hall–Kier alpha value is -3.64. The van der Waals surface area contributed by atoms with Gasteiger partial charge in [0.05, 0.1) is 5.69 Å². The van der Waals surface area contributed by atoms with Crippen molar-refractivity contribution in [3.8, 4) is 11.5 Å². The molecule has 2 fully saturated rings. The molecule has 2 saturated heterocycles. The molecule has 6 heteroatoms. The second-order valence-electron chi connectivity index (χ2n) is 7.77. The Morgan fingerprint density at radius 1 is 0.806 bits per heavy atom. The number of imide groups is 1. The summed E-state index contributed by atoms with van der Waals surface area (Å²) >= 11 is 0. The van der Waals surface area contributed by atoms with Crippen LogP contribution in [-0.2, 0) is 11.3 Å². The van der Waals surface area contributed by atoms with Gasteiger partial charge in [-0.05, 0) is 29.8 Å². The minimum atomic E-state index is -0.477. The van der Waals surface area contributed by atoms with Crippen molar-refractivity contribution in [1.82, 2.24) is 9.80 Å². The number of fused-ring (bicyclic) bond motifs is 1. The number of hydrogen-bond acceptors (Lipinski definition) is 4. The average Bonchev–Trinajstić information content (AvgIpc) is 3.05. The number of carbonyl (C=O) groups is 2. The van der Waals surface area contributed by atoms with Gasteiger partial charge >= 0.3 is 6.03 Å². The van der Waals surface area contributed by atoms with Gasteiger partial charge in [-0.15, -0.1) is 0 Å². The van der Waals surface area contributed by atoms with Crippen molar-refractivity contribution >= 4 is 17.6 Å². The fourth-order valence-corrected chi connectivity index (χ4v) is 4.20. The van der Waals surface area contributed by atoms with Crippen LogP contribution in [0, 0.1) is 0 Å². The average molecular weight is 413 g/mol. The lowest BCUT2D eigenvalue weighted by Gasteiger charge is -2.35. The molecule has 3 amide bonds. The summed E-state index contributed by atoms with van der Waals surface area (Å²) in [5, 5.41) is 0. The van der Waals surface area contributed by atoms with Crippen LogP contribution in [0.1, 0.15) is 5.56 Å². The van der Waals surface area contributed by atoms with Gasteiger partial charge in [0.2, 0.25) is 0 Å². The van der Waals surface area contributed by atoms with E-state index in [1.165, 1.54) is 10.5 Å². The second-order valence-corrected chi connectivity index (χ2v) is 7.77. The highest BCUT2D eigenvalue weighted by atomic mass is 16.5. The highest BCUT2D eigenvalue weighted by molar-refractivity contribution is 6.22. The molecule has 2 aliphatic rings. The first-order valence-electron chi connectivity index (χ1n) is 10.4. The number of hydrogen-bond donors (Lipinski definition) is 0. The SMILES string of the molecule is O=C1C2CN(Cc3ccccc3)CCN2C(=O)N1c1ccccc1Oc1ccccc1. The van der Waals surface area contributed by atoms with Gasteiger partial charge in [0.1, 0.15) is 11.8 Å². The fraction of sp³-hybridized carbons (Fsp3) is 0.200. The largest absolute Gasteiger partial charge is 0.455 e. The molecule has 0 spiro atoms. The standard InChI is InChI=1S/C25H23N3O3/c29-24-22-18-26(17-19-9-3-1-4-10-19)15-16-27(22)25(30)28(24)21-13-7-8-14-23(21)31-20-11-5-2-6-12-20/h1-14,22H,15-18H2. The molecule has 3 aromatic carbocycles. The molecule has 0 radical (unpaired) electrons. The second kappa shape index (κ2) is 8.24. The van der Waals surface area contributed by atoms with Crippen LogP contribution in [0.15, 0.2) is 84.9 Å². The molecule has 0 N–H and O–H groups in total. The number of anilines is 1. The Morgan fingerprint density at radius 2 is 1.48 bits per heavy atom. The Labute approximate surface area is 181 Å². The van der Waals surface area contributed by atoms with Crippen LogP contribution in [0.5, 0.6) is 11.5 Å². The van der Waals surface area contributed by atoms with E-state index in [1.807, 2.05) is 60.7 Å². The normalized spacial score (nSPS) is 18.9. The lowest BCUT2D eigenvalue weighted by atomic mass is 10.1. The quantitative estimate of drug-likeness (QED) is 0.590. The molecule has 2 heterocycles. The molecule has 1 atom stereocenters. The molecule has 0 bridgehead atoms. The van der Waals surface area contributed by atoms with Crippen LogP contribution in [0.4, 0.5) is 10.5 Å². The molecule has 0 aliphatic carbocycles. The third kappa shape index (κ3) is 3.78. The summed E-state index contributed by atoms with van der Waals surface area (Å²) in [5.41, 5.74) is 1.68. The smallest absolute Gasteiger partial charge is 0.332 e. The third-order valence-electron chi connectivity index (χ3n) is 5.73. The zero-order valence-electron chi connectivity index (χ0n) is 17.1. The minimum absolute atomic E-state index is 0.202. The van der Waals surface area contributed by atoms with Crippen LogP contribution >= 0.6 is 0 Å². The Kier molecular flexibility index (Phi) is 5.14. The summed E-state index contributed by atoms with van der Waals surface area (Å²) in [5.74, 6) is 0.934. The molecular formula is C25H23N3O3. The van der Waals surface area contributed by atoms with Crippen LogP contribution in [0.3, 0.4) is 0 Å². The summed E-state index contributed by atoms with van der Waals surface area (Å²) in [6, 6.07) is 26.0. The maximum Gasteiger partial charge on any atom is 0.332 e. The first-order valence-corrected chi connectivity index (χ1v) is 10.4. The van der Waals surface area contributed by atoms with Crippen LogP contribution < -0.4 is 9.64 Å². The van der Waals surface area contributed by atoms with Crippen LogP contribution in [0.25, 0.3) is 0 Å². The Morgan fingerprint density at radius 3 is 2.26 bits per heavy atom. The number of piperazine rings is 1. The predicted octanol–water partition coefficient (Wildman–Crippen LogP) is 4.13. The van der Waals surface area contributed by atoms with E-state index in [0.29, 0.717) is 30.3 Å². The number of rotatable bonds is 5. The molecule has 1 unspecified atom stereocenters. The Balaban J connectivity index is 1.38. The van der Waals surface area contributed by atoms with Crippen molar-refractivity contribution in [1.29, 1.82) is 0 Å². The van der Waals surface area contributed by atoms with Gasteiger partial charge in [-0.25, -0.2) is 9.69 Å². The molecule has 0 aromatic heterocycles. The summed E-state index contributed by atoms with van der Waals surface area (Å²) in [6.45, 7) is 2.55. The lowest BCUT2D eigenvalue weighted by Crippen LogP contribution is -2.52. The molecule has 156 valence electrons. The first-order chi connectivity index (χ1) is 15.2. The number of carbonyl (C=O) groups excluding carboxylic acids is 2. The van der Waals surface area contributed by atoms with E-state index in [2.05, 4.69) is 17.0 Å². The monoisotopic (exact) mass is 413 g/mol. The van der Waals surface area contributed by atoms with Gasteiger partial charge in [-0.2, -0.15) is 0 Å². The number of ether oxygens (including phenoxy) is 1. The van der Waals surface area contributed by atoms with Crippen LogP contribution in [-0.4, -0.2) is 47.4 Å². The van der Waals surface area contributed by atoms with E-state index in [1.54, 1.807) is 17.0 Å². The highest BCUT2D eigenvalue weighted by Gasteiger charge is 2.49. The van der Waals surface area contributed by atoms with Gasteiger partial charge in [0.25, 0.3) is 5.91 Å². The summed E-state index contributed by atoms with van der Waals surface area (Å²) in [6.07, 6.45) is 0. The third-order valence-corrected chi connectivity index (χ3v) is 5.73. The molecule has 2 aliphatic heterocycles. The summed E-state index contributed by atoms with van der Waals surface area (Å²) < 4.78 is 6.00. The first kappa shape index (κ1) is 19.3. The van der Waals surface area contributed by atoms with Crippen molar-refractivity contribution in [2.45, 2.75) is 12.6 Å². The minimum Gasteiger partial charge on any atom is -0.455 e. The number of benzene rings is 3. The molecular weight excluding hydrogens is 390 g/mol. The van der Waals surface area contributed by atoms with E-state index < -0.39 is 6.04 Å². The maximum atomic E-state index is 13.3. The number of amides is 3. The predicted molar refractivity (Wildman–Crippen MR) is 118 cm³/mol. The molecule has 3 aromatic rings. The van der Waals surface area contributed by atoms with Crippen molar-refractivity contribution in [3.63, 3.8) is 0 Å². The van der Waals surface area contributed by atoms with Crippen LogP contribution in [0.2, 0.25) is 0 Å². The zero-order chi connectivity index (χ0) is 21.2. The molecule has 0 saturated carbocycles.